The monoisotopic (exact) mass is 336 g/mol. The number of aryl methyl sites for hydroxylation is 1. The van der Waals surface area contributed by atoms with Crippen LogP contribution in [-0.4, -0.2) is 42.5 Å². The molecule has 1 unspecified atom stereocenters. The molecule has 1 atom stereocenters. The maximum absolute atomic E-state index is 12.3. The Bertz CT molecular complexity index is 558. The van der Waals surface area contributed by atoms with E-state index < -0.39 is 0 Å². The number of carbonyl (C=O) groups is 2. The minimum Gasteiger partial charge on any atom is -0.368 e. The largest absolute Gasteiger partial charge is 0.368 e. The summed E-state index contributed by atoms with van der Waals surface area (Å²) in [7, 11) is 0. The highest BCUT2D eigenvalue weighted by Gasteiger charge is 2.32. The van der Waals surface area contributed by atoms with Gasteiger partial charge in [-0.15, -0.1) is 11.3 Å². The van der Waals surface area contributed by atoms with Crippen LogP contribution < -0.4 is 5.32 Å². The third-order valence-corrected chi connectivity index (χ3v) is 5.62. The predicted octanol–water partition coefficient (Wildman–Crippen LogP) is 2.09. The Labute approximate surface area is 141 Å². The maximum Gasteiger partial charge on any atom is 0.251 e. The van der Waals surface area contributed by atoms with Crippen molar-refractivity contribution in [2.45, 2.75) is 45.3 Å². The third kappa shape index (κ3) is 4.12. The number of amides is 2. The number of ether oxygens (including phenoxy) is 1. The molecule has 0 aromatic carbocycles. The second kappa shape index (κ2) is 7.45. The number of hydrogen-bond donors (Lipinski definition) is 1. The summed E-state index contributed by atoms with van der Waals surface area (Å²) in [5.41, 5.74) is 0. The smallest absolute Gasteiger partial charge is 0.251 e. The number of nitrogens with one attached hydrogen (secondary N) is 1. The van der Waals surface area contributed by atoms with Crippen LogP contribution in [0.1, 0.15) is 35.4 Å². The number of hydrogen-bond acceptors (Lipinski definition) is 4. The molecule has 0 radical (unpaired) electrons. The van der Waals surface area contributed by atoms with Crippen LogP contribution in [0.4, 0.5) is 0 Å². The van der Waals surface area contributed by atoms with Gasteiger partial charge in [0.05, 0.1) is 6.54 Å². The second-order valence-electron chi connectivity index (χ2n) is 6.33. The van der Waals surface area contributed by atoms with Crippen LogP contribution >= 0.6 is 11.3 Å². The normalized spacial score (nSPS) is 22.3. The van der Waals surface area contributed by atoms with E-state index in [4.69, 9.17) is 4.74 Å². The lowest BCUT2D eigenvalue weighted by Crippen LogP contribution is -2.46. The lowest BCUT2D eigenvalue weighted by Gasteiger charge is -2.32. The zero-order valence-corrected chi connectivity index (χ0v) is 14.4. The van der Waals surface area contributed by atoms with E-state index in [1.165, 1.54) is 9.75 Å². The van der Waals surface area contributed by atoms with Gasteiger partial charge < -0.3 is 15.0 Å². The van der Waals surface area contributed by atoms with E-state index in [1.807, 2.05) is 4.90 Å². The fourth-order valence-electron chi connectivity index (χ4n) is 3.24. The number of piperidine rings is 1. The van der Waals surface area contributed by atoms with Gasteiger partial charge in [0.2, 0.25) is 5.91 Å². The van der Waals surface area contributed by atoms with Gasteiger partial charge in [0, 0.05) is 35.4 Å². The molecule has 1 aromatic rings. The summed E-state index contributed by atoms with van der Waals surface area (Å²) < 4.78 is 5.46. The summed E-state index contributed by atoms with van der Waals surface area (Å²) >= 11 is 1.71. The minimum atomic E-state index is -0.248. The van der Waals surface area contributed by atoms with Crippen LogP contribution in [0.2, 0.25) is 0 Å². The molecular formula is C17H24N2O3S. The molecule has 0 aliphatic carbocycles. The van der Waals surface area contributed by atoms with Crippen molar-refractivity contribution < 1.29 is 14.3 Å². The lowest BCUT2D eigenvalue weighted by atomic mass is 9.95. The first-order valence-corrected chi connectivity index (χ1v) is 9.18. The topological polar surface area (TPSA) is 58.6 Å². The Hall–Kier alpha value is -1.40. The zero-order chi connectivity index (χ0) is 16.2. The highest BCUT2D eigenvalue weighted by atomic mass is 32.1. The quantitative estimate of drug-likeness (QED) is 0.916. The van der Waals surface area contributed by atoms with Gasteiger partial charge in [-0.25, -0.2) is 0 Å². The standard InChI is InChI=1S/C17H24N2O3S/c1-12-4-5-14(23-12)11-18-16(20)13-6-8-19(9-7-13)17(21)15-3-2-10-22-15/h4-5,13,15H,2-3,6-11H2,1H3,(H,18,20). The number of likely N-dealkylation sites (tertiary alicyclic amines) is 1. The first-order valence-electron chi connectivity index (χ1n) is 8.37. The molecule has 3 rings (SSSR count). The van der Waals surface area contributed by atoms with Crippen molar-refractivity contribution in [3.63, 3.8) is 0 Å². The molecule has 2 saturated heterocycles. The van der Waals surface area contributed by atoms with Crippen LogP contribution in [0, 0.1) is 12.8 Å². The molecule has 0 spiro atoms. The van der Waals surface area contributed by atoms with E-state index >= 15 is 0 Å². The Kier molecular flexibility index (Phi) is 5.33. The number of rotatable bonds is 4. The fourth-order valence-corrected chi connectivity index (χ4v) is 4.07. The Morgan fingerprint density at radius 1 is 1.30 bits per heavy atom. The highest BCUT2D eigenvalue weighted by molar-refractivity contribution is 7.11. The second-order valence-corrected chi connectivity index (χ2v) is 7.70. The maximum atomic E-state index is 12.3. The van der Waals surface area contributed by atoms with Gasteiger partial charge in [-0.05, 0) is 44.7 Å². The van der Waals surface area contributed by atoms with Crippen LogP contribution in [-0.2, 0) is 20.9 Å². The van der Waals surface area contributed by atoms with Gasteiger partial charge in [-0.2, -0.15) is 0 Å². The zero-order valence-electron chi connectivity index (χ0n) is 13.5. The Balaban J connectivity index is 1.42. The average molecular weight is 336 g/mol. The van der Waals surface area contributed by atoms with Crippen molar-refractivity contribution in [3.05, 3.63) is 21.9 Å². The van der Waals surface area contributed by atoms with Gasteiger partial charge in [0.15, 0.2) is 0 Å². The van der Waals surface area contributed by atoms with Crippen LogP contribution in [0.3, 0.4) is 0 Å². The summed E-state index contributed by atoms with van der Waals surface area (Å²) in [6.45, 7) is 4.68. The summed E-state index contributed by atoms with van der Waals surface area (Å²) in [4.78, 5) is 28.9. The van der Waals surface area contributed by atoms with E-state index in [0.29, 0.717) is 26.2 Å². The van der Waals surface area contributed by atoms with Crippen molar-refractivity contribution >= 4 is 23.2 Å². The van der Waals surface area contributed by atoms with Crippen molar-refractivity contribution in [1.29, 1.82) is 0 Å². The SMILES string of the molecule is Cc1ccc(CNC(=O)C2CCN(C(=O)C3CCCO3)CC2)s1. The Morgan fingerprint density at radius 3 is 2.70 bits per heavy atom. The Morgan fingerprint density at radius 2 is 2.09 bits per heavy atom. The number of thiophene rings is 1. The molecule has 0 bridgehead atoms. The molecule has 0 saturated carbocycles. The average Bonchev–Trinajstić information content (AvgIpc) is 3.24. The highest BCUT2D eigenvalue weighted by Crippen LogP contribution is 2.22. The molecule has 1 N–H and O–H groups in total. The van der Waals surface area contributed by atoms with E-state index in [1.54, 1.807) is 11.3 Å². The summed E-state index contributed by atoms with van der Waals surface area (Å²) in [5.74, 6) is 0.236. The molecule has 3 heterocycles. The molecule has 6 heteroatoms. The first-order chi connectivity index (χ1) is 11.1. The molecule has 2 amide bonds. The fraction of sp³-hybridized carbons (Fsp3) is 0.647. The lowest BCUT2D eigenvalue weighted by molar-refractivity contribution is -0.143. The van der Waals surface area contributed by atoms with Crippen LogP contribution in [0.25, 0.3) is 0 Å². The van der Waals surface area contributed by atoms with E-state index in [2.05, 4.69) is 24.4 Å². The van der Waals surface area contributed by atoms with Gasteiger partial charge >= 0.3 is 0 Å². The van der Waals surface area contributed by atoms with E-state index in [9.17, 15) is 9.59 Å². The van der Waals surface area contributed by atoms with Crippen molar-refractivity contribution in [2.75, 3.05) is 19.7 Å². The first kappa shape index (κ1) is 16.5. The van der Waals surface area contributed by atoms with Gasteiger partial charge in [-0.1, -0.05) is 0 Å². The molecule has 126 valence electrons. The predicted molar refractivity (Wildman–Crippen MR) is 89.2 cm³/mol. The summed E-state index contributed by atoms with van der Waals surface area (Å²) in [6, 6.07) is 4.13. The molecule has 2 fully saturated rings. The van der Waals surface area contributed by atoms with E-state index in [-0.39, 0.29) is 23.8 Å². The number of carbonyl (C=O) groups excluding carboxylic acids is 2. The number of nitrogens with zero attached hydrogens (tertiary/aromatic N) is 1. The minimum absolute atomic E-state index is 0.0182. The summed E-state index contributed by atoms with van der Waals surface area (Å²) in [5, 5.41) is 3.02. The van der Waals surface area contributed by atoms with Crippen molar-refractivity contribution in [2.24, 2.45) is 5.92 Å². The van der Waals surface area contributed by atoms with Gasteiger partial charge in [0.25, 0.3) is 5.91 Å². The van der Waals surface area contributed by atoms with Crippen LogP contribution in [0.5, 0.6) is 0 Å². The molecule has 1 aromatic heterocycles. The van der Waals surface area contributed by atoms with Crippen LogP contribution in [0.15, 0.2) is 12.1 Å². The third-order valence-electron chi connectivity index (χ3n) is 4.62. The molecule has 23 heavy (non-hydrogen) atoms. The van der Waals surface area contributed by atoms with Crippen molar-refractivity contribution in [3.8, 4) is 0 Å². The van der Waals surface area contributed by atoms with Gasteiger partial charge in [0.1, 0.15) is 6.10 Å². The van der Waals surface area contributed by atoms with E-state index in [0.717, 1.165) is 25.7 Å². The summed E-state index contributed by atoms with van der Waals surface area (Å²) in [6.07, 6.45) is 3.04. The molecule has 5 nitrogen and oxygen atoms in total. The van der Waals surface area contributed by atoms with Gasteiger partial charge in [-0.3, -0.25) is 9.59 Å². The van der Waals surface area contributed by atoms with Crippen molar-refractivity contribution in [1.82, 2.24) is 10.2 Å². The molecule has 2 aliphatic heterocycles. The molecular weight excluding hydrogens is 312 g/mol. The molecule has 2 aliphatic rings.